The molecule has 1 aromatic heterocycles. The number of methoxy groups -OCH3 is 1. The highest BCUT2D eigenvalue weighted by molar-refractivity contribution is 7.80. The highest BCUT2D eigenvalue weighted by atomic mass is 35.5. The van der Waals surface area contributed by atoms with Gasteiger partial charge in [0.15, 0.2) is 0 Å². The van der Waals surface area contributed by atoms with Crippen LogP contribution in [0.15, 0.2) is 71.7 Å². The van der Waals surface area contributed by atoms with Gasteiger partial charge in [-0.2, -0.15) is 0 Å². The molecule has 8 nitrogen and oxygen atoms in total. The van der Waals surface area contributed by atoms with E-state index < -0.39 is 23.2 Å². The lowest BCUT2D eigenvalue weighted by Crippen LogP contribution is -2.26. The standard InChI is InChI=1S/C31H30ClFN2O6S/c1-4-27(40-17-39-3)22-12-5-18(13-25(22)32)16-35(42(37)38)26-15-28-24(14-23(26)19-6-7-19)29(31(36)34-2)30(41-28)20-8-10-21(33)11-9-20/h4-5,8-15,19,27H,1,6-7,16-17H2,2-3H3,(H,34,36)(H,37,38). The number of benzene rings is 3. The summed E-state index contributed by atoms with van der Waals surface area (Å²) in [5.74, 6) is -0.317. The van der Waals surface area contributed by atoms with Crippen molar-refractivity contribution in [2.45, 2.75) is 31.4 Å². The number of amides is 1. The van der Waals surface area contributed by atoms with Gasteiger partial charge in [0.1, 0.15) is 30.1 Å². The second-order valence-corrected chi connectivity index (χ2v) is 11.2. The van der Waals surface area contributed by atoms with Crippen molar-refractivity contribution in [2.24, 2.45) is 0 Å². The molecule has 4 aromatic rings. The molecule has 0 saturated heterocycles. The summed E-state index contributed by atoms with van der Waals surface area (Å²) in [6, 6.07) is 14.6. The van der Waals surface area contributed by atoms with E-state index in [4.69, 9.17) is 25.5 Å². The molecule has 5 rings (SSSR count). The molecule has 1 aliphatic carbocycles. The molecule has 0 aliphatic heterocycles. The Morgan fingerprint density at radius 1 is 1.26 bits per heavy atom. The molecule has 1 amide bonds. The number of anilines is 1. The van der Waals surface area contributed by atoms with Crippen LogP contribution >= 0.6 is 11.6 Å². The van der Waals surface area contributed by atoms with Gasteiger partial charge in [-0.05, 0) is 66.3 Å². The van der Waals surface area contributed by atoms with E-state index >= 15 is 0 Å². The van der Waals surface area contributed by atoms with Crippen molar-refractivity contribution in [1.29, 1.82) is 0 Å². The molecule has 0 spiro atoms. The Labute approximate surface area is 250 Å². The highest BCUT2D eigenvalue weighted by Gasteiger charge is 2.32. The van der Waals surface area contributed by atoms with Gasteiger partial charge < -0.3 is 19.2 Å². The molecule has 2 atom stereocenters. The quantitative estimate of drug-likeness (QED) is 0.100. The molecule has 3 aromatic carbocycles. The second-order valence-electron chi connectivity index (χ2n) is 9.93. The second kappa shape index (κ2) is 12.8. The molecule has 0 bridgehead atoms. The normalized spacial score (nSPS) is 14.5. The SMILES string of the molecule is C=CC(OCOC)c1ccc(CN(c2cc3oc(-c4ccc(F)cc4)c(C(=O)NC)c3cc2C2CC2)S(=O)O)cc1Cl. The minimum Gasteiger partial charge on any atom is -0.455 e. The summed E-state index contributed by atoms with van der Waals surface area (Å²) >= 11 is 4.19. The maximum Gasteiger partial charge on any atom is 0.262 e. The minimum atomic E-state index is -2.40. The topological polar surface area (TPSA) is 101 Å². The van der Waals surface area contributed by atoms with Crippen LogP contribution in [0.1, 0.15) is 51.9 Å². The van der Waals surface area contributed by atoms with Gasteiger partial charge in [-0.1, -0.05) is 29.8 Å². The Balaban J connectivity index is 1.58. The van der Waals surface area contributed by atoms with E-state index in [-0.39, 0.29) is 30.9 Å². The zero-order valence-electron chi connectivity index (χ0n) is 23.1. The molecule has 2 N–H and O–H groups in total. The zero-order chi connectivity index (χ0) is 30.0. The lowest BCUT2D eigenvalue weighted by Gasteiger charge is -2.24. The van der Waals surface area contributed by atoms with Crippen LogP contribution in [0, 0.1) is 5.82 Å². The van der Waals surface area contributed by atoms with Crippen LogP contribution in [0.4, 0.5) is 10.1 Å². The van der Waals surface area contributed by atoms with Crippen LogP contribution in [0.5, 0.6) is 0 Å². The molecule has 1 fully saturated rings. The smallest absolute Gasteiger partial charge is 0.262 e. The summed E-state index contributed by atoms with van der Waals surface area (Å²) in [6.07, 6.45) is 2.95. The van der Waals surface area contributed by atoms with Crippen molar-refractivity contribution in [1.82, 2.24) is 5.32 Å². The predicted octanol–water partition coefficient (Wildman–Crippen LogP) is 7.12. The Hall–Kier alpha value is -3.54. The Bertz CT molecular complexity index is 1650. The fourth-order valence-electron chi connectivity index (χ4n) is 4.96. The molecule has 1 saturated carbocycles. The third-order valence-corrected chi connectivity index (χ3v) is 8.18. The molecule has 1 heterocycles. The average Bonchev–Trinajstić information content (AvgIpc) is 3.76. The first-order valence-electron chi connectivity index (χ1n) is 13.2. The monoisotopic (exact) mass is 612 g/mol. The summed E-state index contributed by atoms with van der Waals surface area (Å²) in [6.45, 7) is 3.93. The number of nitrogens with zero attached hydrogens (tertiary/aromatic N) is 1. The Kier molecular flexibility index (Phi) is 9.10. The number of carbonyl (C=O) groups excluding carboxylic acids is 1. The van der Waals surface area contributed by atoms with Crippen LogP contribution in [0.3, 0.4) is 0 Å². The van der Waals surface area contributed by atoms with E-state index in [0.717, 1.165) is 18.4 Å². The van der Waals surface area contributed by atoms with Crippen LogP contribution in [0.2, 0.25) is 5.02 Å². The average molecular weight is 613 g/mol. The number of hydrogen-bond acceptors (Lipinski definition) is 5. The lowest BCUT2D eigenvalue weighted by atomic mass is 10.00. The summed E-state index contributed by atoms with van der Waals surface area (Å²) in [7, 11) is 3.05. The van der Waals surface area contributed by atoms with Crippen molar-refractivity contribution >= 4 is 45.4 Å². The lowest BCUT2D eigenvalue weighted by molar-refractivity contribution is -0.0565. The largest absolute Gasteiger partial charge is 0.455 e. The third-order valence-electron chi connectivity index (χ3n) is 7.15. The van der Waals surface area contributed by atoms with Crippen molar-refractivity contribution in [3.63, 3.8) is 0 Å². The summed E-state index contributed by atoms with van der Waals surface area (Å²) in [5.41, 5.74) is 3.95. The number of carbonyl (C=O) groups is 1. The zero-order valence-corrected chi connectivity index (χ0v) is 24.6. The molecule has 42 heavy (non-hydrogen) atoms. The van der Waals surface area contributed by atoms with Crippen LogP contribution in [-0.4, -0.2) is 35.6 Å². The van der Waals surface area contributed by atoms with E-state index in [0.29, 0.717) is 43.9 Å². The Morgan fingerprint density at radius 3 is 2.60 bits per heavy atom. The third kappa shape index (κ3) is 6.13. The summed E-state index contributed by atoms with van der Waals surface area (Å²) < 4.78 is 55.0. The molecule has 11 heteroatoms. The van der Waals surface area contributed by atoms with E-state index in [2.05, 4.69) is 11.9 Å². The van der Waals surface area contributed by atoms with Crippen molar-refractivity contribution in [3.05, 3.63) is 100 Å². The maximum atomic E-state index is 13.6. The van der Waals surface area contributed by atoms with E-state index in [1.807, 2.05) is 12.1 Å². The van der Waals surface area contributed by atoms with Crippen molar-refractivity contribution < 1.29 is 31.8 Å². The van der Waals surface area contributed by atoms with Gasteiger partial charge in [0.05, 0.1) is 17.8 Å². The first-order valence-corrected chi connectivity index (χ1v) is 14.7. The number of hydrogen-bond donors (Lipinski definition) is 2. The molecule has 220 valence electrons. The van der Waals surface area contributed by atoms with Crippen LogP contribution in [0.25, 0.3) is 22.3 Å². The van der Waals surface area contributed by atoms with Crippen molar-refractivity contribution in [3.8, 4) is 11.3 Å². The highest BCUT2D eigenvalue weighted by Crippen LogP contribution is 2.48. The summed E-state index contributed by atoms with van der Waals surface area (Å²) in [5, 5.41) is 3.65. The number of fused-ring (bicyclic) bond motifs is 1. The molecule has 2 unspecified atom stereocenters. The number of halogens is 2. The molecule has 1 aliphatic rings. The van der Waals surface area contributed by atoms with E-state index in [1.165, 1.54) is 30.6 Å². The van der Waals surface area contributed by atoms with E-state index in [1.54, 1.807) is 36.4 Å². The molecular formula is C31H30ClFN2O6S. The minimum absolute atomic E-state index is 0.0652. The number of rotatable bonds is 12. The van der Waals surface area contributed by atoms with Gasteiger partial charge in [-0.15, -0.1) is 6.58 Å². The first-order chi connectivity index (χ1) is 20.2. The van der Waals surface area contributed by atoms with Gasteiger partial charge in [-0.3, -0.25) is 13.7 Å². The fourth-order valence-corrected chi connectivity index (χ4v) is 5.85. The number of nitrogens with one attached hydrogen (secondary N) is 1. The van der Waals surface area contributed by atoms with Gasteiger partial charge in [0, 0.05) is 41.8 Å². The fraction of sp³-hybridized carbons (Fsp3) is 0.258. The number of furan rings is 1. The number of ether oxygens (including phenoxy) is 2. The van der Waals surface area contributed by atoms with Gasteiger partial charge in [0.25, 0.3) is 17.2 Å². The van der Waals surface area contributed by atoms with Gasteiger partial charge in [-0.25, -0.2) is 8.60 Å². The molecular weight excluding hydrogens is 583 g/mol. The van der Waals surface area contributed by atoms with Gasteiger partial charge >= 0.3 is 0 Å². The van der Waals surface area contributed by atoms with E-state index in [9.17, 15) is 17.9 Å². The maximum absolute atomic E-state index is 13.6. The Morgan fingerprint density at radius 2 is 2.00 bits per heavy atom. The van der Waals surface area contributed by atoms with Crippen LogP contribution in [-0.2, 0) is 27.3 Å². The van der Waals surface area contributed by atoms with Crippen LogP contribution < -0.4 is 9.62 Å². The summed E-state index contributed by atoms with van der Waals surface area (Å²) in [4.78, 5) is 13.0. The van der Waals surface area contributed by atoms with Crippen molar-refractivity contribution in [2.75, 3.05) is 25.3 Å². The molecule has 0 radical (unpaired) electrons. The van der Waals surface area contributed by atoms with Gasteiger partial charge in [0.2, 0.25) is 0 Å². The predicted molar refractivity (Wildman–Crippen MR) is 161 cm³/mol. The first kappa shape index (κ1) is 29.9.